The molecule has 0 bridgehead atoms. The van der Waals surface area contributed by atoms with E-state index in [0.717, 1.165) is 11.3 Å². The van der Waals surface area contributed by atoms with Gasteiger partial charge in [-0.1, -0.05) is 23.9 Å². The number of carbonyl (C=O) groups is 1. The second-order valence-electron chi connectivity index (χ2n) is 6.33. The molecule has 4 rings (SSSR count). The Kier molecular flexibility index (Phi) is 5.95. The van der Waals surface area contributed by atoms with Crippen LogP contribution >= 0.6 is 11.8 Å². The molecule has 1 aromatic carbocycles. The summed E-state index contributed by atoms with van der Waals surface area (Å²) in [4.78, 5) is 18.4. The van der Waals surface area contributed by atoms with Crippen molar-refractivity contribution in [1.82, 2.24) is 20.1 Å². The number of likely N-dealkylation sites (N-methyl/N-ethyl adjacent to an activating group) is 1. The third kappa shape index (κ3) is 4.68. The van der Waals surface area contributed by atoms with Gasteiger partial charge in [0.1, 0.15) is 6.61 Å². The lowest BCUT2D eigenvalue weighted by molar-refractivity contribution is -0.129. The van der Waals surface area contributed by atoms with Gasteiger partial charge in [0, 0.05) is 18.9 Å². The SMILES string of the molecule is CCN(CC1COc2ccccc2O1)C(=O)CSc1nnc(-c2cccnc2)o1. The molecule has 0 N–H and O–H groups in total. The number of rotatable bonds is 7. The van der Waals surface area contributed by atoms with Gasteiger partial charge in [-0.05, 0) is 31.2 Å². The minimum Gasteiger partial charge on any atom is -0.486 e. The average Bonchev–Trinajstić information content (AvgIpc) is 3.25. The highest BCUT2D eigenvalue weighted by molar-refractivity contribution is 7.99. The quantitative estimate of drug-likeness (QED) is 0.547. The minimum absolute atomic E-state index is 0.0268. The zero-order chi connectivity index (χ0) is 20.1. The Morgan fingerprint density at radius 2 is 2.07 bits per heavy atom. The Balaban J connectivity index is 1.31. The number of hydrogen-bond donors (Lipinski definition) is 0. The summed E-state index contributed by atoms with van der Waals surface area (Å²) in [5.41, 5.74) is 0.739. The predicted octanol–water partition coefficient (Wildman–Crippen LogP) is 2.91. The third-order valence-electron chi connectivity index (χ3n) is 4.36. The molecule has 0 spiro atoms. The molecule has 0 fully saturated rings. The number of benzene rings is 1. The fourth-order valence-corrected chi connectivity index (χ4v) is 3.56. The maximum Gasteiger partial charge on any atom is 0.277 e. The molecule has 150 valence electrons. The molecule has 1 aliphatic heterocycles. The van der Waals surface area contributed by atoms with E-state index in [9.17, 15) is 4.79 Å². The van der Waals surface area contributed by atoms with Crippen molar-refractivity contribution < 1.29 is 18.7 Å². The molecule has 29 heavy (non-hydrogen) atoms. The Labute approximate surface area is 172 Å². The van der Waals surface area contributed by atoms with E-state index in [2.05, 4.69) is 15.2 Å². The van der Waals surface area contributed by atoms with Gasteiger partial charge in [-0.25, -0.2) is 0 Å². The Morgan fingerprint density at radius 1 is 1.21 bits per heavy atom. The maximum absolute atomic E-state index is 12.7. The van der Waals surface area contributed by atoms with Gasteiger partial charge in [-0.2, -0.15) is 0 Å². The Morgan fingerprint density at radius 3 is 2.86 bits per heavy atom. The zero-order valence-corrected chi connectivity index (χ0v) is 16.7. The molecule has 0 aliphatic carbocycles. The van der Waals surface area contributed by atoms with E-state index in [0.29, 0.717) is 36.6 Å². The molecular weight excluding hydrogens is 392 g/mol. The molecule has 2 aromatic heterocycles. The topological polar surface area (TPSA) is 90.6 Å². The first-order valence-corrected chi connectivity index (χ1v) is 10.2. The van der Waals surface area contributed by atoms with Gasteiger partial charge in [0.2, 0.25) is 11.8 Å². The first-order chi connectivity index (χ1) is 14.2. The first-order valence-electron chi connectivity index (χ1n) is 9.26. The standard InChI is InChI=1S/C20H20N4O4S/c1-2-24(11-15-12-26-16-7-3-4-8-17(16)27-15)18(25)13-29-20-23-22-19(28-20)14-6-5-9-21-10-14/h3-10,15H,2,11-13H2,1H3. The van der Waals surface area contributed by atoms with E-state index >= 15 is 0 Å². The lowest BCUT2D eigenvalue weighted by atomic mass is 10.2. The second-order valence-corrected chi connectivity index (χ2v) is 7.26. The van der Waals surface area contributed by atoms with Crippen molar-refractivity contribution in [2.24, 2.45) is 0 Å². The van der Waals surface area contributed by atoms with Crippen LogP contribution < -0.4 is 9.47 Å². The number of para-hydroxylation sites is 2. The van der Waals surface area contributed by atoms with Crippen LogP contribution in [0.5, 0.6) is 11.5 Å². The number of nitrogens with zero attached hydrogens (tertiary/aromatic N) is 4. The van der Waals surface area contributed by atoms with Crippen LogP contribution in [0.25, 0.3) is 11.5 Å². The molecule has 1 amide bonds. The van der Waals surface area contributed by atoms with Gasteiger partial charge in [0.05, 0.1) is 17.9 Å². The number of thioether (sulfide) groups is 1. The number of carbonyl (C=O) groups excluding carboxylic acids is 1. The van der Waals surface area contributed by atoms with Gasteiger partial charge in [0.25, 0.3) is 5.22 Å². The van der Waals surface area contributed by atoms with E-state index in [1.54, 1.807) is 23.4 Å². The summed E-state index contributed by atoms with van der Waals surface area (Å²) < 4.78 is 17.3. The van der Waals surface area contributed by atoms with Gasteiger partial charge >= 0.3 is 0 Å². The van der Waals surface area contributed by atoms with Crippen LogP contribution in [0, 0.1) is 0 Å². The van der Waals surface area contributed by atoms with Crippen molar-refractivity contribution >= 4 is 17.7 Å². The lowest BCUT2D eigenvalue weighted by Crippen LogP contribution is -2.44. The van der Waals surface area contributed by atoms with Gasteiger partial charge < -0.3 is 18.8 Å². The predicted molar refractivity (Wildman–Crippen MR) is 107 cm³/mol. The third-order valence-corrected chi connectivity index (χ3v) is 5.16. The van der Waals surface area contributed by atoms with E-state index in [4.69, 9.17) is 13.9 Å². The van der Waals surface area contributed by atoms with Crippen molar-refractivity contribution in [3.63, 3.8) is 0 Å². The number of pyridine rings is 1. The van der Waals surface area contributed by atoms with E-state index in [1.807, 2.05) is 37.3 Å². The Bertz CT molecular complexity index is 966. The smallest absolute Gasteiger partial charge is 0.277 e. The van der Waals surface area contributed by atoms with Crippen LogP contribution in [0.4, 0.5) is 0 Å². The summed E-state index contributed by atoms with van der Waals surface area (Å²) in [5.74, 6) is 1.99. The minimum atomic E-state index is -0.209. The largest absolute Gasteiger partial charge is 0.486 e. The maximum atomic E-state index is 12.7. The molecule has 3 heterocycles. The van der Waals surface area contributed by atoms with E-state index in [1.165, 1.54) is 11.8 Å². The molecule has 0 saturated carbocycles. The Hall–Kier alpha value is -3.07. The fourth-order valence-electron chi connectivity index (χ4n) is 2.89. The first kappa shape index (κ1) is 19.3. The van der Waals surface area contributed by atoms with Crippen molar-refractivity contribution in [3.8, 4) is 23.0 Å². The van der Waals surface area contributed by atoms with Crippen molar-refractivity contribution in [3.05, 3.63) is 48.8 Å². The van der Waals surface area contributed by atoms with Crippen LogP contribution in [0.3, 0.4) is 0 Å². The fraction of sp³-hybridized carbons (Fsp3) is 0.300. The van der Waals surface area contributed by atoms with Crippen LogP contribution in [0.15, 0.2) is 58.4 Å². The molecule has 0 radical (unpaired) electrons. The highest BCUT2D eigenvalue weighted by Crippen LogP contribution is 2.31. The molecule has 1 atom stereocenters. The number of hydrogen-bond acceptors (Lipinski definition) is 8. The summed E-state index contributed by atoms with van der Waals surface area (Å²) in [6, 6.07) is 11.2. The van der Waals surface area contributed by atoms with Crippen molar-refractivity contribution in [1.29, 1.82) is 0 Å². The van der Waals surface area contributed by atoms with Crippen molar-refractivity contribution in [2.45, 2.75) is 18.3 Å². The van der Waals surface area contributed by atoms with Crippen LogP contribution in [-0.4, -0.2) is 57.5 Å². The number of ether oxygens (including phenoxy) is 2. The molecule has 3 aromatic rings. The van der Waals surface area contributed by atoms with Crippen LogP contribution in [-0.2, 0) is 4.79 Å². The van der Waals surface area contributed by atoms with Gasteiger partial charge in [-0.3, -0.25) is 9.78 Å². The van der Waals surface area contributed by atoms with Crippen LogP contribution in [0.2, 0.25) is 0 Å². The molecular formula is C20H20N4O4S. The molecule has 1 aliphatic rings. The number of amides is 1. The summed E-state index contributed by atoms with van der Waals surface area (Å²) in [7, 11) is 0. The van der Waals surface area contributed by atoms with Gasteiger partial charge in [-0.15, -0.1) is 10.2 Å². The van der Waals surface area contributed by atoms with E-state index < -0.39 is 0 Å². The summed E-state index contributed by atoms with van der Waals surface area (Å²) in [6.07, 6.45) is 3.11. The van der Waals surface area contributed by atoms with Gasteiger partial charge in [0.15, 0.2) is 17.6 Å². The monoisotopic (exact) mass is 412 g/mol. The second kappa shape index (κ2) is 8.95. The normalized spacial score (nSPS) is 15.1. The molecule has 8 nitrogen and oxygen atoms in total. The number of fused-ring (bicyclic) bond motifs is 1. The van der Waals surface area contributed by atoms with Crippen molar-refractivity contribution in [2.75, 3.05) is 25.4 Å². The zero-order valence-electron chi connectivity index (χ0n) is 15.9. The molecule has 0 saturated heterocycles. The summed E-state index contributed by atoms with van der Waals surface area (Å²) in [6.45, 7) is 3.38. The highest BCUT2D eigenvalue weighted by atomic mass is 32.2. The summed E-state index contributed by atoms with van der Waals surface area (Å²) >= 11 is 1.21. The lowest BCUT2D eigenvalue weighted by Gasteiger charge is -2.30. The molecule has 1 unspecified atom stereocenters. The van der Waals surface area contributed by atoms with Crippen LogP contribution in [0.1, 0.15) is 6.92 Å². The highest BCUT2D eigenvalue weighted by Gasteiger charge is 2.25. The molecule has 9 heteroatoms. The average molecular weight is 412 g/mol. The van der Waals surface area contributed by atoms with E-state index in [-0.39, 0.29) is 17.8 Å². The number of aromatic nitrogens is 3. The summed E-state index contributed by atoms with van der Waals surface area (Å²) in [5, 5.41) is 8.35.